The first-order valence-electron chi connectivity index (χ1n) is 8.47. The van der Waals surface area contributed by atoms with Gasteiger partial charge in [0, 0.05) is 43.9 Å². The van der Waals surface area contributed by atoms with Gasteiger partial charge in [-0.25, -0.2) is 9.97 Å². The van der Waals surface area contributed by atoms with E-state index in [-0.39, 0.29) is 5.91 Å². The van der Waals surface area contributed by atoms with Gasteiger partial charge in [0.15, 0.2) is 0 Å². The zero-order valence-electron chi connectivity index (χ0n) is 14.3. The fraction of sp³-hybridized carbons (Fsp3) is 0.421. The molecule has 1 saturated heterocycles. The van der Waals surface area contributed by atoms with E-state index in [0.29, 0.717) is 18.3 Å². The van der Waals surface area contributed by atoms with Crippen molar-refractivity contribution in [2.75, 3.05) is 25.0 Å². The number of nitrogens with zero attached hydrogens (tertiary/aromatic N) is 3. The number of anilines is 1. The third-order valence-electron chi connectivity index (χ3n) is 4.58. The summed E-state index contributed by atoms with van der Waals surface area (Å²) in [6.45, 7) is 6.31. The summed E-state index contributed by atoms with van der Waals surface area (Å²) in [6, 6.07) is 10.3. The van der Waals surface area contributed by atoms with Gasteiger partial charge in [0.1, 0.15) is 0 Å². The van der Waals surface area contributed by atoms with E-state index in [1.165, 1.54) is 5.56 Å². The fourth-order valence-corrected chi connectivity index (χ4v) is 2.96. The highest BCUT2D eigenvalue weighted by Gasteiger charge is 2.29. The largest absolute Gasteiger partial charge is 0.354 e. The van der Waals surface area contributed by atoms with Crippen LogP contribution in [0.2, 0.25) is 0 Å². The van der Waals surface area contributed by atoms with E-state index in [0.717, 1.165) is 37.3 Å². The van der Waals surface area contributed by atoms with Gasteiger partial charge in [-0.3, -0.25) is 4.79 Å². The van der Waals surface area contributed by atoms with Crippen LogP contribution in [-0.2, 0) is 11.2 Å². The zero-order chi connectivity index (χ0) is 16.9. The summed E-state index contributed by atoms with van der Waals surface area (Å²) >= 11 is 0. The number of nitrogens with one attached hydrogen (secondary N) is 1. The normalized spacial score (nSPS) is 17.3. The number of benzene rings is 1. The lowest BCUT2D eigenvalue weighted by Crippen LogP contribution is -2.28. The van der Waals surface area contributed by atoms with Crippen molar-refractivity contribution in [3.63, 3.8) is 0 Å². The molecule has 2 heterocycles. The third kappa shape index (κ3) is 4.10. The number of rotatable bonds is 6. The highest BCUT2D eigenvalue weighted by molar-refractivity contribution is 5.78. The molecule has 5 nitrogen and oxygen atoms in total. The maximum Gasteiger partial charge on any atom is 0.223 e. The molecule has 0 saturated carbocycles. The fourth-order valence-electron chi connectivity index (χ4n) is 2.96. The summed E-state index contributed by atoms with van der Waals surface area (Å²) in [5.41, 5.74) is 3.35. The Morgan fingerprint density at radius 1 is 1.25 bits per heavy atom. The highest BCUT2D eigenvalue weighted by atomic mass is 16.2. The molecular formula is C19H24N4O. The van der Waals surface area contributed by atoms with E-state index in [1.54, 1.807) is 0 Å². The highest BCUT2D eigenvalue weighted by Crippen LogP contribution is 2.19. The maximum absolute atomic E-state index is 12.2. The average molecular weight is 324 g/mol. The maximum atomic E-state index is 12.2. The van der Waals surface area contributed by atoms with Crippen molar-refractivity contribution in [2.24, 2.45) is 5.92 Å². The van der Waals surface area contributed by atoms with Crippen LogP contribution in [0, 0.1) is 19.8 Å². The molecule has 2 aromatic rings. The number of carbonyl (C=O) groups excluding carboxylic acids is 1. The van der Waals surface area contributed by atoms with Gasteiger partial charge in [0.05, 0.1) is 0 Å². The number of amides is 1. The first-order valence-corrected chi connectivity index (χ1v) is 8.47. The van der Waals surface area contributed by atoms with Crippen LogP contribution in [0.25, 0.3) is 0 Å². The van der Waals surface area contributed by atoms with Crippen molar-refractivity contribution in [1.29, 1.82) is 0 Å². The summed E-state index contributed by atoms with van der Waals surface area (Å²) in [4.78, 5) is 22.9. The molecule has 1 aliphatic heterocycles. The molecular weight excluding hydrogens is 300 g/mol. The van der Waals surface area contributed by atoms with Crippen molar-refractivity contribution < 1.29 is 4.79 Å². The molecule has 0 unspecified atom stereocenters. The number of aromatic nitrogens is 2. The van der Waals surface area contributed by atoms with Crippen molar-refractivity contribution in [2.45, 2.75) is 26.7 Å². The number of hydrogen-bond donors (Lipinski definition) is 1. The topological polar surface area (TPSA) is 58.1 Å². The van der Waals surface area contributed by atoms with Gasteiger partial charge in [-0.1, -0.05) is 30.3 Å². The minimum atomic E-state index is 0.249. The summed E-state index contributed by atoms with van der Waals surface area (Å²) in [7, 11) is 0. The SMILES string of the molecule is Cc1cnc(NC[C@@H]2CC(=O)N(CCc3ccccc3)C2)nc1C. The first kappa shape index (κ1) is 16.4. The molecule has 1 fully saturated rings. The van der Waals surface area contributed by atoms with Crippen LogP contribution < -0.4 is 5.32 Å². The molecule has 0 bridgehead atoms. The minimum Gasteiger partial charge on any atom is -0.354 e. The van der Waals surface area contributed by atoms with E-state index in [4.69, 9.17) is 0 Å². The molecule has 0 radical (unpaired) electrons. The molecule has 0 aliphatic carbocycles. The summed E-state index contributed by atoms with van der Waals surface area (Å²) in [5, 5.41) is 3.27. The Balaban J connectivity index is 1.48. The standard InChI is InChI=1S/C19H24N4O/c1-14-11-20-19(22-15(14)2)21-12-17-10-18(24)23(13-17)9-8-16-6-4-3-5-7-16/h3-7,11,17H,8-10,12-13H2,1-2H3,(H,20,21,22)/t17-/m0/s1. The Morgan fingerprint density at radius 3 is 2.79 bits per heavy atom. The minimum absolute atomic E-state index is 0.249. The molecule has 1 aromatic carbocycles. The Bertz CT molecular complexity index is 702. The van der Waals surface area contributed by atoms with Gasteiger partial charge in [-0.15, -0.1) is 0 Å². The smallest absolute Gasteiger partial charge is 0.223 e. The average Bonchev–Trinajstić information content (AvgIpc) is 2.95. The van der Waals surface area contributed by atoms with Crippen molar-refractivity contribution in [3.8, 4) is 0 Å². The quantitative estimate of drug-likeness (QED) is 0.887. The Hall–Kier alpha value is -2.43. The summed E-state index contributed by atoms with van der Waals surface area (Å²) in [5.74, 6) is 1.21. The van der Waals surface area contributed by atoms with Gasteiger partial charge in [-0.05, 0) is 31.4 Å². The van der Waals surface area contributed by atoms with E-state index in [2.05, 4.69) is 27.4 Å². The Kier molecular flexibility index (Phi) is 5.08. The molecule has 3 rings (SSSR count). The Labute approximate surface area is 143 Å². The summed E-state index contributed by atoms with van der Waals surface area (Å²) in [6.07, 6.45) is 3.34. The van der Waals surface area contributed by atoms with E-state index < -0.39 is 0 Å². The van der Waals surface area contributed by atoms with Crippen molar-refractivity contribution >= 4 is 11.9 Å². The molecule has 5 heteroatoms. The van der Waals surface area contributed by atoms with Crippen LogP contribution >= 0.6 is 0 Å². The van der Waals surface area contributed by atoms with Crippen LogP contribution in [0.1, 0.15) is 23.2 Å². The molecule has 1 aromatic heterocycles. The van der Waals surface area contributed by atoms with Gasteiger partial charge >= 0.3 is 0 Å². The molecule has 24 heavy (non-hydrogen) atoms. The van der Waals surface area contributed by atoms with Crippen LogP contribution in [0.4, 0.5) is 5.95 Å². The van der Waals surface area contributed by atoms with Gasteiger partial charge in [-0.2, -0.15) is 0 Å². The zero-order valence-corrected chi connectivity index (χ0v) is 14.3. The third-order valence-corrected chi connectivity index (χ3v) is 4.58. The van der Waals surface area contributed by atoms with Crippen LogP contribution in [0.5, 0.6) is 0 Å². The Morgan fingerprint density at radius 2 is 2.04 bits per heavy atom. The second-order valence-corrected chi connectivity index (χ2v) is 6.49. The predicted octanol–water partition coefficient (Wildman–Crippen LogP) is 2.60. The number of carbonyl (C=O) groups is 1. The lowest BCUT2D eigenvalue weighted by atomic mass is 10.1. The van der Waals surface area contributed by atoms with Crippen molar-refractivity contribution in [3.05, 3.63) is 53.3 Å². The van der Waals surface area contributed by atoms with Crippen molar-refractivity contribution in [1.82, 2.24) is 14.9 Å². The van der Waals surface area contributed by atoms with E-state index in [9.17, 15) is 4.79 Å². The number of hydrogen-bond acceptors (Lipinski definition) is 4. The van der Waals surface area contributed by atoms with Gasteiger partial charge in [0.2, 0.25) is 11.9 Å². The predicted molar refractivity (Wildman–Crippen MR) is 94.8 cm³/mol. The monoisotopic (exact) mass is 324 g/mol. The molecule has 126 valence electrons. The molecule has 1 atom stereocenters. The number of likely N-dealkylation sites (tertiary alicyclic amines) is 1. The molecule has 1 amide bonds. The summed E-state index contributed by atoms with van der Waals surface area (Å²) < 4.78 is 0. The second-order valence-electron chi connectivity index (χ2n) is 6.49. The number of aryl methyl sites for hydroxylation is 2. The molecule has 1 aliphatic rings. The van der Waals surface area contributed by atoms with E-state index >= 15 is 0 Å². The van der Waals surface area contributed by atoms with E-state index in [1.807, 2.05) is 43.1 Å². The van der Waals surface area contributed by atoms with Gasteiger partial charge in [0.25, 0.3) is 0 Å². The molecule has 1 N–H and O–H groups in total. The lowest BCUT2D eigenvalue weighted by Gasteiger charge is -2.17. The second kappa shape index (κ2) is 7.43. The first-order chi connectivity index (χ1) is 11.6. The van der Waals surface area contributed by atoms with Gasteiger partial charge < -0.3 is 10.2 Å². The van der Waals surface area contributed by atoms with Crippen LogP contribution in [0.3, 0.4) is 0 Å². The lowest BCUT2D eigenvalue weighted by molar-refractivity contribution is -0.127. The van der Waals surface area contributed by atoms with Crippen LogP contribution in [0.15, 0.2) is 36.5 Å². The molecule has 0 spiro atoms. The van der Waals surface area contributed by atoms with Crippen LogP contribution in [-0.4, -0.2) is 40.4 Å².